The number of para-hydroxylation sites is 1. The zero-order valence-corrected chi connectivity index (χ0v) is 17.2. The van der Waals surface area contributed by atoms with E-state index in [1.54, 1.807) is 48.5 Å². The molecule has 0 saturated heterocycles. The van der Waals surface area contributed by atoms with Gasteiger partial charge in [-0.05, 0) is 57.2 Å². The van der Waals surface area contributed by atoms with Crippen LogP contribution in [-0.4, -0.2) is 43.1 Å². The Kier molecular flexibility index (Phi) is 8.68. The van der Waals surface area contributed by atoms with E-state index in [1.165, 1.54) is 13.8 Å². The molecule has 0 radical (unpaired) electrons. The molecular formula is C22H26N2O6. The third-order valence-corrected chi connectivity index (χ3v) is 3.94. The summed E-state index contributed by atoms with van der Waals surface area (Å²) in [6, 6.07) is 14.7. The van der Waals surface area contributed by atoms with Gasteiger partial charge in [-0.1, -0.05) is 18.2 Å². The summed E-state index contributed by atoms with van der Waals surface area (Å²) in [5, 5.41) is 5.13. The minimum atomic E-state index is -1.04. The fraction of sp³-hybridized carbons (Fsp3) is 0.318. The highest BCUT2D eigenvalue weighted by atomic mass is 16.5. The Bertz CT molecular complexity index is 838. The molecule has 0 aliphatic rings. The zero-order valence-electron chi connectivity index (χ0n) is 17.2. The maximum Gasteiger partial charge on any atom is 0.329 e. The van der Waals surface area contributed by atoms with Crippen LogP contribution in [0.25, 0.3) is 0 Å². The molecule has 8 heteroatoms. The largest absolute Gasteiger partial charge is 0.494 e. The Labute approximate surface area is 175 Å². The van der Waals surface area contributed by atoms with Gasteiger partial charge in [-0.2, -0.15) is 0 Å². The summed E-state index contributed by atoms with van der Waals surface area (Å²) in [7, 11) is 0. The molecule has 160 valence electrons. The van der Waals surface area contributed by atoms with Gasteiger partial charge in [-0.25, -0.2) is 4.79 Å². The number of rotatable bonds is 10. The Hall–Kier alpha value is -3.55. The van der Waals surface area contributed by atoms with Crippen LogP contribution in [0.5, 0.6) is 11.5 Å². The van der Waals surface area contributed by atoms with Crippen molar-refractivity contribution in [3.05, 3.63) is 54.6 Å². The first-order chi connectivity index (χ1) is 14.4. The molecule has 0 fully saturated rings. The van der Waals surface area contributed by atoms with Gasteiger partial charge < -0.3 is 24.8 Å². The van der Waals surface area contributed by atoms with E-state index in [0.29, 0.717) is 23.8 Å². The number of amides is 2. The minimum Gasteiger partial charge on any atom is -0.494 e. The maximum absolute atomic E-state index is 12.2. The van der Waals surface area contributed by atoms with Crippen molar-refractivity contribution in [3.8, 4) is 11.5 Å². The molecule has 0 unspecified atom stereocenters. The van der Waals surface area contributed by atoms with E-state index in [9.17, 15) is 14.4 Å². The first kappa shape index (κ1) is 22.7. The lowest BCUT2D eigenvalue weighted by Crippen LogP contribution is -2.44. The van der Waals surface area contributed by atoms with E-state index >= 15 is 0 Å². The number of carbonyl (C=O) groups is 3. The van der Waals surface area contributed by atoms with E-state index in [-0.39, 0.29) is 6.61 Å². The molecule has 0 spiro atoms. The van der Waals surface area contributed by atoms with Crippen molar-refractivity contribution >= 4 is 23.5 Å². The number of hydrogen-bond acceptors (Lipinski definition) is 6. The van der Waals surface area contributed by atoms with Gasteiger partial charge in [0.1, 0.15) is 17.5 Å². The van der Waals surface area contributed by atoms with Gasteiger partial charge in [0.05, 0.1) is 6.61 Å². The minimum absolute atomic E-state index is 0.241. The summed E-state index contributed by atoms with van der Waals surface area (Å²) >= 11 is 0. The summed E-state index contributed by atoms with van der Waals surface area (Å²) in [5.74, 6) is -0.455. The van der Waals surface area contributed by atoms with Crippen molar-refractivity contribution in [2.45, 2.75) is 32.9 Å². The Balaban J connectivity index is 1.76. The molecule has 2 rings (SSSR count). The van der Waals surface area contributed by atoms with Crippen LogP contribution in [0.3, 0.4) is 0 Å². The molecule has 0 bridgehead atoms. The normalized spacial score (nSPS) is 12.2. The van der Waals surface area contributed by atoms with Crippen LogP contribution in [0.15, 0.2) is 54.6 Å². The van der Waals surface area contributed by atoms with Crippen molar-refractivity contribution in [1.29, 1.82) is 0 Å². The van der Waals surface area contributed by atoms with Gasteiger partial charge in [0, 0.05) is 5.69 Å². The lowest BCUT2D eigenvalue weighted by Gasteiger charge is -2.18. The SMILES string of the molecule is CCOc1ccc(NC(=O)[C@@H](C)OC(=O)[C@H](C)NC(=O)COc2ccccc2)cc1. The summed E-state index contributed by atoms with van der Waals surface area (Å²) in [6.45, 7) is 5.11. The third kappa shape index (κ3) is 7.46. The molecule has 0 aliphatic heterocycles. The third-order valence-electron chi connectivity index (χ3n) is 3.94. The van der Waals surface area contributed by atoms with E-state index in [4.69, 9.17) is 14.2 Å². The first-order valence-electron chi connectivity index (χ1n) is 9.60. The summed E-state index contributed by atoms with van der Waals surface area (Å²) in [6.07, 6.45) is -1.04. The molecule has 2 aromatic carbocycles. The van der Waals surface area contributed by atoms with Crippen LogP contribution >= 0.6 is 0 Å². The molecule has 2 aromatic rings. The fourth-order valence-electron chi connectivity index (χ4n) is 2.38. The van der Waals surface area contributed by atoms with E-state index in [2.05, 4.69) is 10.6 Å². The molecule has 0 aromatic heterocycles. The topological polar surface area (TPSA) is 103 Å². The second kappa shape index (κ2) is 11.5. The van der Waals surface area contributed by atoms with Gasteiger partial charge in [0.15, 0.2) is 12.7 Å². The smallest absolute Gasteiger partial charge is 0.329 e. The van der Waals surface area contributed by atoms with E-state index < -0.39 is 29.9 Å². The van der Waals surface area contributed by atoms with Crippen molar-refractivity contribution in [2.24, 2.45) is 0 Å². The predicted molar refractivity (Wildman–Crippen MR) is 111 cm³/mol. The van der Waals surface area contributed by atoms with E-state index in [1.807, 2.05) is 13.0 Å². The molecule has 2 amide bonds. The summed E-state index contributed by atoms with van der Waals surface area (Å²) in [5.41, 5.74) is 0.547. The Morgan fingerprint density at radius 1 is 0.900 bits per heavy atom. The number of anilines is 1. The van der Waals surface area contributed by atoms with Crippen molar-refractivity contribution in [2.75, 3.05) is 18.5 Å². The molecule has 0 heterocycles. The van der Waals surface area contributed by atoms with Gasteiger partial charge in [0.25, 0.3) is 11.8 Å². The molecule has 8 nitrogen and oxygen atoms in total. The predicted octanol–water partition coefficient (Wildman–Crippen LogP) is 2.54. The first-order valence-corrected chi connectivity index (χ1v) is 9.60. The molecule has 2 atom stereocenters. The van der Waals surface area contributed by atoms with Crippen LogP contribution in [-0.2, 0) is 19.1 Å². The average molecular weight is 414 g/mol. The lowest BCUT2D eigenvalue weighted by molar-refractivity contribution is -0.155. The number of nitrogens with one attached hydrogen (secondary N) is 2. The highest BCUT2D eigenvalue weighted by Gasteiger charge is 2.23. The van der Waals surface area contributed by atoms with Crippen LogP contribution < -0.4 is 20.1 Å². The van der Waals surface area contributed by atoms with Gasteiger partial charge in [-0.3, -0.25) is 9.59 Å². The number of ether oxygens (including phenoxy) is 3. The number of hydrogen-bond donors (Lipinski definition) is 2. The molecular weight excluding hydrogens is 388 g/mol. The van der Waals surface area contributed by atoms with Gasteiger partial charge in [0.2, 0.25) is 0 Å². The lowest BCUT2D eigenvalue weighted by atomic mass is 10.2. The summed E-state index contributed by atoms with van der Waals surface area (Å²) in [4.78, 5) is 36.3. The zero-order chi connectivity index (χ0) is 21.9. The van der Waals surface area contributed by atoms with Gasteiger partial charge in [-0.15, -0.1) is 0 Å². The average Bonchev–Trinajstić information content (AvgIpc) is 2.74. The second-order valence-electron chi connectivity index (χ2n) is 6.42. The molecule has 0 aliphatic carbocycles. The fourth-order valence-corrected chi connectivity index (χ4v) is 2.38. The number of benzene rings is 2. The highest BCUT2D eigenvalue weighted by molar-refractivity contribution is 5.95. The van der Waals surface area contributed by atoms with Crippen LogP contribution in [0.2, 0.25) is 0 Å². The van der Waals surface area contributed by atoms with E-state index in [0.717, 1.165) is 0 Å². The van der Waals surface area contributed by atoms with Crippen molar-refractivity contribution in [3.63, 3.8) is 0 Å². The monoisotopic (exact) mass is 414 g/mol. The molecule has 30 heavy (non-hydrogen) atoms. The second-order valence-corrected chi connectivity index (χ2v) is 6.42. The van der Waals surface area contributed by atoms with Crippen molar-refractivity contribution in [1.82, 2.24) is 5.32 Å². The van der Waals surface area contributed by atoms with Gasteiger partial charge >= 0.3 is 5.97 Å². The van der Waals surface area contributed by atoms with Crippen LogP contribution in [0, 0.1) is 0 Å². The standard InChI is InChI=1S/C22H26N2O6/c1-4-28-19-12-10-17(11-13-19)24-21(26)16(3)30-22(27)15(2)23-20(25)14-29-18-8-6-5-7-9-18/h5-13,15-16H,4,14H2,1-3H3,(H,23,25)(H,24,26)/t15-,16+/m0/s1. The number of esters is 1. The number of carbonyl (C=O) groups excluding carboxylic acids is 3. The maximum atomic E-state index is 12.2. The Morgan fingerprint density at radius 2 is 1.53 bits per heavy atom. The van der Waals surface area contributed by atoms with Crippen LogP contribution in [0.4, 0.5) is 5.69 Å². The highest BCUT2D eigenvalue weighted by Crippen LogP contribution is 2.16. The summed E-state index contributed by atoms with van der Waals surface area (Å²) < 4.78 is 15.8. The molecule has 2 N–H and O–H groups in total. The molecule has 0 saturated carbocycles. The quantitative estimate of drug-likeness (QED) is 0.579. The van der Waals surface area contributed by atoms with Crippen LogP contribution in [0.1, 0.15) is 20.8 Å². The Morgan fingerprint density at radius 3 is 2.17 bits per heavy atom. The van der Waals surface area contributed by atoms with Crippen molar-refractivity contribution < 1.29 is 28.6 Å².